The van der Waals surface area contributed by atoms with Crippen LogP contribution >= 0.6 is 11.8 Å². The van der Waals surface area contributed by atoms with E-state index in [0.29, 0.717) is 5.25 Å². The first-order valence-electron chi connectivity index (χ1n) is 5.95. The number of hydrogen-bond donors (Lipinski definition) is 0. The molecular weight excluding hydrogens is 240 g/mol. The average Bonchev–Trinajstić information content (AvgIpc) is 2.46. The Hall–Kier alpha value is -1.54. The molecule has 0 amide bonds. The van der Waals surface area contributed by atoms with Crippen LogP contribution in [0.3, 0.4) is 0 Å². The van der Waals surface area contributed by atoms with Crippen molar-refractivity contribution in [1.29, 1.82) is 0 Å². The van der Waals surface area contributed by atoms with E-state index in [2.05, 4.69) is 19.2 Å². The minimum Gasteiger partial charge on any atom is -0.289 e. The number of carbonyl (C=O) groups is 1. The highest BCUT2D eigenvalue weighted by molar-refractivity contribution is 7.98. The van der Waals surface area contributed by atoms with Gasteiger partial charge in [0.05, 0.1) is 0 Å². The van der Waals surface area contributed by atoms with E-state index in [1.807, 2.05) is 48.5 Å². The third kappa shape index (κ3) is 2.82. The van der Waals surface area contributed by atoms with Crippen molar-refractivity contribution in [3.8, 4) is 0 Å². The molecule has 92 valence electrons. The molecule has 0 saturated heterocycles. The lowest BCUT2D eigenvalue weighted by atomic mass is 10.0. The molecule has 0 radical (unpaired) electrons. The Labute approximate surface area is 112 Å². The van der Waals surface area contributed by atoms with Crippen LogP contribution in [0.1, 0.15) is 33.7 Å². The Morgan fingerprint density at radius 3 is 2.33 bits per heavy atom. The van der Waals surface area contributed by atoms with Crippen molar-refractivity contribution in [3.63, 3.8) is 0 Å². The van der Waals surface area contributed by atoms with Crippen molar-refractivity contribution in [2.45, 2.75) is 12.2 Å². The summed E-state index contributed by atoms with van der Waals surface area (Å²) in [6.07, 6.45) is 2.08. The molecule has 0 bridgehead atoms. The third-order valence-electron chi connectivity index (χ3n) is 3.01. The fourth-order valence-electron chi connectivity index (χ4n) is 1.83. The van der Waals surface area contributed by atoms with Crippen molar-refractivity contribution in [1.82, 2.24) is 0 Å². The van der Waals surface area contributed by atoms with Crippen LogP contribution in [-0.4, -0.2) is 12.0 Å². The standard InChI is InChI=1S/C16H16OS/c1-12(18-2)14-9-6-10-15(11-14)16(17)13-7-4-3-5-8-13/h3-12H,1-2H3. The van der Waals surface area contributed by atoms with Crippen molar-refractivity contribution in [2.24, 2.45) is 0 Å². The number of ketones is 1. The molecule has 0 aromatic heterocycles. The Bertz CT molecular complexity index is 534. The monoisotopic (exact) mass is 256 g/mol. The molecule has 18 heavy (non-hydrogen) atoms. The van der Waals surface area contributed by atoms with E-state index in [0.717, 1.165) is 11.1 Å². The van der Waals surface area contributed by atoms with Crippen molar-refractivity contribution < 1.29 is 4.79 Å². The van der Waals surface area contributed by atoms with Crippen LogP contribution in [0.2, 0.25) is 0 Å². The van der Waals surface area contributed by atoms with Crippen LogP contribution in [-0.2, 0) is 0 Å². The Balaban J connectivity index is 2.32. The molecule has 0 spiro atoms. The highest BCUT2D eigenvalue weighted by Crippen LogP contribution is 2.26. The molecule has 0 fully saturated rings. The van der Waals surface area contributed by atoms with Crippen LogP contribution < -0.4 is 0 Å². The third-order valence-corrected chi connectivity index (χ3v) is 3.99. The Kier molecular flexibility index (Phi) is 4.21. The lowest BCUT2D eigenvalue weighted by Gasteiger charge is -2.10. The summed E-state index contributed by atoms with van der Waals surface area (Å²) in [5.74, 6) is 0.0887. The van der Waals surface area contributed by atoms with Crippen molar-refractivity contribution >= 4 is 17.5 Å². The predicted molar refractivity (Wildman–Crippen MR) is 78.2 cm³/mol. The highest BCUT2D eigenvalue weighted by atomic mass is 32.2. The maximum absolute atomic E-state index is 12.3. The van der Waals surface area contributed by atoms with Gasteiger partial charge in [-0.05, 0) is 24.8 Å². The zero-order chi connectivity index (χ0) is 13.0. The summed E-state index contributed by atoms with van der Waals surface area (Å²) in [4.78, 5) is 12.3. The first kappa shape index (κ1) is 12.9. The van der Waals surface area contributed by atoms with Gasteiger partial charge in [0.25, 0.3) is 0 Å². The van der Waals surface area contributed by atoms with Gasteiger partial charge in [-0.25, -0.2) is 0 Å². The lowest BCUT2D eigenvalue weighted by Crippen LogP contribution is -2.02. The molecule has 0 saturated carbocycles. The van der Waals surface area contributed by atoms with Gasteiger partial charge in [-0.15, -0.1) is 0 Å². The van der Waals surface area contributed by atoms with Crippen molar-refractivity contribution in [3.05, 3.63) is 71.3 Å². The van der Waals surface area contributed by atoms with E-state index in [1.165, 1.54) is 5.56 Å². The van der Waals surface area contributed by atoms with Gasteiger partial charge in [-0.3, -0.25) is 4.79 Å². The van der Waals surface area contributed by atoms with Crippen LogP contribution in [0.5, 0.6) is 0 Å². The number of carbonyl (C=O) groups excluding carboxylic acids is 1. The smallest absolute Gasteiger partial charge is 0.193 e. The summed E-state index contributed by atoms with van der Waals surface area (Å²) in [7, 11) is 0. The van der Waals surface area contributed by atoms with Crippen LogP contribution in [0, 0.1) is 0 Å². The second kappa shape index (κ2) is 5.87. The first-order chi connectivity index (χ1) is 8.72. The van der Waals surface area contributed by atoms with Gasteiger partial charge < -0.3 is 0 Å². The quantitative estimate of drug-likeness (QED) is 0.757. The van der Waals surface area contributed by atoms with Crippen LogP contribution in [0.4, 0.5) is 0 Å². The van der Waals surface area contributed by atoms with Gasteiger partial charge in [-0.1, -0.05) is 48.5 Å². The Morgan fingerprint density at radius 1 is 1.00 bits per heavy atom. The molecule has 0 heterocycles. The summed E-state index contributed by atoms with van der Waals surface area (Å²) in [6.45, 7) is 2.15. The zero-order valence-corrected chi connectivity index (χ0v) is 11.4. The summed E-state index contributed by atoms with van der Waals surface area (Å²) in [5.41, 5.74) is 2.70. The zero-order valence-electron chi connectivity index (χ0n) is 10.6. The Morgan fingerprint density at radius 2 is 1.67 bits per heavy atom. The van der Waals surface area contributed by atoms with Gasteiger partial charge in [0.15, 0.2) is 5.78 Å². The minimum atomic E-state index is 0.0887. The number of hydrogen-bond acceptors (Lipinski definition) is 2. The molecule has 2 heteroatoms. The van der Waals surface area contributed by atoms with E-state index in [1.54, 1.807) is 11.8 Å². The molecule has 0 aliphatic carbocycles. The fourth-order valence-corrected chi connectivity index (χ4v) is 2.24. The van der Waals surface area contributed by atoms with Gasteiger partial charge in [-0.2, -0.15) is 11.8 Å². The fraction of sp³-hybridized carbons (Fsp3) is 0.188. The maximum atomic E-state index is 12.3. The van der Waals surface area contributed by atoms with E-state index >= 15 is 0 Å². The normalized spacial score (nSPS) is 12.1. The second-order valence-electron chi connectivity index (χ2n) is 4.20. The van der Waals surface area contributed by atoms with E-state index in [4.69, 9.17) is 0 Å². The topological polar surface area (TPSA) is 17.1 Å². The molecule has 1 unspecified atom stereocenters. The summed E-state index contributed by atoms with van der Waals surface area (Å²) in [6, 6.07) is 17.3. The van der Waals surface area contributed by atoms with E-state index < -0.39 is 0 Å². The van der Waals surface area contributed by atoms with E-state index in [-0.39, 0.29) is 5.78 Å². The van der Waals surface area contributed by atoms with Crippen LogP contribution in [0.25, 0.3) is 0 Å². The number of thioether (sulfide) groups is 1. The molecule has 0 aliphatic rings. The SMILES string of the molecule is CSC(C)c1cccc(C(=O)c2ccccc2)c1. The number of rotatable bonds is 4. The predicted octanol–water partition coefficient (Wildman–Crippen LogP) is 4.34. The molecule has 0 N–H and O–H groups in total. The summed E-state index contributed by atoms with van der Waals surface area (Å²) in [5, 5.41) is 0.411. The molecule has 2 aromatic rings. The summed E-state index contributed by atoms with van der Waals surface area (Å²) >= 11 is 1.78. The first-order valence-corrected chi connectivity index (χ1v) is 7.23. The molecule has 2 aromatic carbocycles. The molecule has 0 aliphatic heterocycles. The molecule has 2 rings (SSSR count). The number of benzene rings is 2. The van der Waals surface area contributed by atoms with Crippen molar-refractivity contribution in [2.75, 3.05) is 6.26 Å². The van der Waals surface area contributed by atoms with Crippen LogP contribution in [0.15, 0.2) is 54.6 Å². The van der Waals surface area contributed by atoms with Gasteiger partial charge in [0, 0.05) is 16.4 Å². The van der Waals surface area contributed by atoms with Gasteiger partial charge in [0.2, 0.25) is 0 Å². The highest BCUT2D eigenvalue weighted by Gasteiger charge is 2.10. The molecule has 1 atom stereocenters. The maximum Gasteiger partial charge on any atom is 0.193 e. The van der Waals surface area contributed by atoms with Gasteiger partial charge in [0.1, 0.15) is 0 Å². The average molecular weight is 256 g/mol. The minimum absolute atomic E-state index is 0.0887. The second-order valence-corrected chi connectivity index (χ2v) is 5.38. The summed E-state index contributed by atoms with van der Waals surface area (Å²) < 4.78 is 0. The molecular formula is C16H16OS. The van der Waals surface area contributed by atoms with Gasteiger partial charge >= 0.3 is 0 Å². The van der Waals surface area contributed by atoms with E-state index in [9.17, 15) is 4.79 Å². The largest absolute Gasteiger partial charge is 0.289 e. The molecule has 1 nitrogen and oxygen atoms in total. The lowest BCUT2D eigenvalue weighted by molar-refractivity contribution is 0.103.